The summed E-state index contributed by atoms with van der Waals surface area (Å²) in [6, 6.07) is 1.43. The van der Waals surface area contributed by atoms with Crippen LogP contribution in [0.1, 0.15) is 28.4 Å². The Morgan fingerprint density at radius 1 is 1.38 bits per heavy atom. The molecular weight excluding hydrogens is 232 g/mol. The molecule has 1 aromatic rings. The molecule has 0 heterocycles. The van der Waals surface area contributed by atoms with Gasteiger partial charge in [0.05, 0.1) is 5.02 Å². The SMILES string of the molecule is CC(=O)Oc1c(C(=O)O)cc(C)c(C)c1Cl. The Morgan fingerprint density at radius 3 is 2.38 bits per heavy atom. The highest BCUT2D eigenvalue weighted by Crippen LogP contribution is 2.34. The fourth-order valence-corrected chi connectivity index (χ4v) is 1.54. The molecule has 0 atom stereocenters. The molecule has 1 N–H and O–H groups in total. The van der Waals surface area contributed by atoms with Gasteiger partial charge in [-0.05, 0) is 31.0 Å². The number of hydrogen-bond acceptors (Lipinski definition) is 3. The number of hydrogen-bond donors (Lipinski definition) is 1. The van der Waals surface area contributed by atoms with Crippen LogP contribution in [0, 0.1) is 13.8 Å². The molecule has 0 amide bonds. The maximum absolute atomic E-state index is 11.0. The van der Waals surface area contributed by atoms with Crippen molar-refractivity contribution in [3.05, 3.63) is 27.8 Å². The second-order valence-electron chi connectivity index (χ2n) is 3.41. The van der Waals surface area contributed by atoms with Crippen LogP contribution in [0.5, 0.6) is 5.75 Å². The van der Waals surface area contributed by atoms with E-state index in [1.165, 1.54) is 13.0 Å². The summed E-state index contributed by atoms with van der Waals surface area (Å²) in [4.78, 5) is 21.8. The minimum Gasteiger partial charge on any atom is -0.478 e. The van der Waals surface area contributed by atoms with Gasteiger partial charge in [-0.15, -0.1) is 0 Å². The standard InChI is InChI=1S/C11H11ClO4/c1-5-4-8(11(14)15)10(16-7(3)13)9(12)6(5)2/h4H,1-3H3,(H,14,15). The van der Waals surface area contributed by atoms with E-state index in [4.69, 9.17) is 21.4 Å². The number of carboxylic acids is 1. The zero-order chi connectivity index (χ0) is 12.5. The average molecular weight is 243 g/mol. The lowest BCUT2D eigenvalue weighted by Crippen LogP contribution is -2.09. The molecule has 1 rings (SSSR count). The van der Waals surface area contributed by atoms with Crippen molar-refractivity contribution >= 4 is 23.5 Å². The second kappa shape index (κ2) is 4.53. The normalized spacial score (nSPS) is 10.0. The lowest BCUT2D eigenvalue weighted by molar-refractivity contribution is -0.131. The van der Waals surface area contributed by atoms with Crippen molar-refractivity contribution in [2.45, 2.75) is 20.8 Å². The first-order valence-corrected chi connectivity index (χ1v) is 4.93. The van der Waals surface area contributed by atoms with Crippen molar-refractivity contribution in [3.63, 3.8) is 0 Å². The molecule has 0 fully saturated rings. The van der Waals surface area contributed by atoms with Crippen LogP contribution in [0.15, 0.2) is 6.07 Å². The van der Waals surface area contributed by atoms with E-state index in [2.05, 4.69) is 0 Å². The summed E-state index contributed by atoms with van der Waals surface area (Å²) in [5.74, 6) is -1.88. The smallest absolute Gasteiger partial charge is 0.339 e. The summed E-state index contributed by atoms with van der Waals surface area (Å²) < 4.78 is 4.82. The third-order valence-corrected chi connectivity index (χ3v) is 2.66. The number of carbonyl (C=O) groups is 2. The summed E-state index contributed by atoms with van der Waals surface area (Å²) in [7, 11) is 0. The van der Waals surface area contributed by atoms with Crippen LogP contribution in [-0.4, -0.2) is 17.0 Å². The second-order valence-corrected chi connectivity index (χ2v) is 3.79. The van der Waals surface area contributed by atoms with E-state index in [-0.39, 0.29) is 16.3 Å². The zero-order valence-electron chi connectivity index (χ0n) is 9.13. The largest absolute Gasteiger partial charge is 0.478 e. The third-order valence-electron chi connectivity index (χ3n) is 2.20. The predicted octanol–water partition coefficient (Wildman–Crippen LogP) is 2.58. The summed E-state index contributed by atoms with van der Waals surface area (Å²) >= 11 is 5.95. The molecule has 0 saturated heterocycles. The minimum absolute atomic E-state index is 0.0928. The number of benzene rings is 1. The summed E-state index contributed by atoms with van der Waals surface area (Å²) in [6.45, 7) is 4.67. The fourth-order valence-electron chi connectivity index (χ4n) is 1.25. The first kappa shape index (κ1) is 12.5. The molecule has 0 aliphatic rings. The maximum Gasteiger partial charge on any atom is 0.339 e. The molecule has 0 aromatic heterocycles. The van der Waals surface area contributed by atoms with E-state index in [0.717, 1.165) is 5.56 Å². The lowest BCUT2D eigenvalue weighted by atomic mass is 10.0. The minimum atomic E-state index is -1.18. The van der Waals surface area contributed by atoms with Crippen molar-refractivity contribution in [1.82, 2.24) is 0 Å². The molecule has 0 unspecified atom stereocenters. The van der Waals surface area contributed by atoms with Crippen LogP contribution in [0.25, 0.3) is 0 Å². The van der Waals surface area contributed by atoms with Gasteiger partial charge < -0.3 is 9.84 Å². The van der Waals surface area contributed by atoms with Gasteiger partial charge >= 0.3 is 11.9 Å². The molecule has 0 spiro atoms. The Hall–Kier alpha value is -1.55. The maximum atomic E-state index is 11.0. The van der Waals surface area contributed by atoms with Crippen LogP contribution >= 0.6 is 11.6 Å². The van der Waals surface area contributed by atoms with Crippen molar-refractivity contribution < 1.29 is 19.4 Å². The summed E-state index contributed by atoms with van der Waals surface area (Å²) in [5, 5.41) is 9.13. The van der Waals surface area contributed by atoms with Crippen molar-refractivity contribution in [3.8, 4) is 5.75 Å². The van der Waals surface area contributed by atoms with Crippen LogP contribution in [0.3, 0.4) is 0 Å². The average Bonchev–Trinajstić information content (AvgIpc) is 2.17. The lowest BCUT2D eigenvalue weighted by Gasteiger charge is -2.12. The van der Waals surface area contributed by atoms with E-state index >= 15 is 0 Å². The number of rotatable bonds is 2. The fraction of sp³-hybridized carbons (Fsp3) is 0.273. The Kier molecular flexibility index (Phi) is 3.55. The quantitative estimate of drug-likeness (QED) is 0.640. The number of ether oxygens (including phenoxy) is 1. The van der Waals surface area contributed by atoms with Gasteiger partial charge in [0.25, 0.3) is 0 Å². The van der Waals surface area contributed by atoms with E-state index in [9.17, 15) is 9.59 Å². The molecule has 4 nitrogen and oxygen atoms in total. The Labute approximate surface area is 97.8 Å². The van der Waals surface area contributed by atoms with E-state index in [1.54, 1.807) is 13.8 Å². The molecule has 0 radical (unpaired) electrons. The zero-order valence-corrected chi connectivity index (χ0v) is 9.88. The van der Waals surface area contributed by atoms with Crippen molar-refractivity contribution in [1.29, 1.82) is 0 Å². The topological polar surface area (TPSA) is 63.6 Å². The first-order chi connectivity index (χ1) is 7.34. The Balaban J connectivity index is 3.47. The van der Waals surface area contributed by atoms with Crippen LogP contribution in [0.2, 0.25) is 5.02 Å². The molecule has 0 bridgehead atoms. The number of carbonyl (C=O) groups excluding carboxylic acids is 1. The number of halogens is 1. The van der Waals surface area contributed by atoms with Gasteiger partial charge in [-0.2, -0.15) is 0 Å². The molecule has 0 aliphatic carbocycles. The third kappa shape index (κ3) is 2.33. The van der Waals surface area contributed by atoms with Gasteiger partial charge in [-0.1, -0.05) is 11.6 Å². The highest BCUT2D eigenvalue weighted by molar-refractivity contribution is 6.33. The number of carboxylic acid groups (broad SMARTS) is 1. The van der Waals surface area contributed by atoms with Gasteiger partial charge in [0.1, 0.15) is 5.56 Å². The van der Waals surface area contributed by atoms with E-state index in [1.807, 2.05) is 0 Å². The molecule has 86 valence electrons. The first-order valence-electron chi connectivity index (χ1n) is 4.56. The summed E-state index contributed by atoms with van der Waals surface area (Å²) in [6.07, 6.45) is 0. The van der Waals surface area contributed by atoms with Gasteiger partial charge in [0, 0.05) is 6.92 Å². The highest BCUT2D eigenvalue weighted by Gasteiger charge is 2.19. The van der Waals surface area contributed by atoms with Crippen molar-refractivity contribution in [2.75, 3.05) is 0 Å². The summed E-state index contributed by atoms with van der Waals surface area (Å²) in [5.41, 5.74) is 1.32. The number of aryl methyl sites for hydroxylation is 1. The van der Waals surface area contributed by atoms with Crippen LogP contribution in [0.4, 0.5) is 0 Å². The molecule has 0 aliphatic heterocycles. The molecule has 1 aromatic carbocycles. The van der Waals surface area contributed by atoms with Gasteiger partial charge in [0.15, 0.2) is 5.75 Å². The van der Waals surface area contributed by atoms with E-state index in [0.29, 0.717) is 5.56 Å². The highest BCUT2D eigenvalue weighted by atomic mass is 35.5. The number of aromatic carboxylic acids is 1. The van der Waals surface area contributed by atoms with Gasteiger partial charge in [-0.3, -0.25) is 4.79 Å². The van der Waals surface area contributed by atoms with Crippen LogP contribution in [-0.2, 0) is 4.79 Å². The monoisotopic (exact) mass is 242 g/mol. The van der Waals surface area contributed by atoms with Gasteiger partial charge in [0.2, 0.25) is 0 Å². The van der Waals surface area contributed by atoms with Crippen molar-refractivity contribution in [2.24, 2.45) is 0 Å². The Morgan fingerprint density at radius 2 is 1.94 bits per heavy atom. The molecule has 0 saturated carbocycles. The molecule has 16 heavy (non-hydrogen) atoms. The molecule has 5 heteroatoms. The van der Waals surface area contributed by atoms with Gasteiger partial charge in [-0.25, -0.2) is 4.79 Å². The van der Waals surface area contributed by atoms with Crippen LogP contribution < -0.4 is 4.74 Å². The van der Waals surface area contributed by atoms with E-state index < -0.39 is 11.9 Å². The predicted molar refractivity (Wildman–Crippen MR) is 59.2 cm³/mol. The number of esters is 1. The molecular formula is C11H11ClO4. The Bertz CT molecular complexity index is 466.